The zero-order valence-corrected chi connectivity index (χ0v) is 26.3. The maximum absolute atomic E-state index is 13.6. The van der Waals surface area contributed by atoms with Gasteiger partial charge in [0, 0.05) is 18.4 Å². The zero-order valence-electron chi connectivity index (χ0n) is 26.3. The maximum Gasteiger partial charge on any atom is 0.362 e. The van der Waals surface area contributed by atoms with Gasteiger partial charge >= 0.3 is 5.97 Å². The highest BCUT2D eigenvalue weighted by atomic mass is 16.6. The van der Waals surface area contributed by atoms with Crippen molar-refractivity contribution in [2.45, 2.75) is 82.7 Å². The van der Waals surface area contributed by atoms with Crippen LogP contribution in [0.4, 0.5) is 0 Å². The maximum atomic E-state index is 13.6. The number of aromatic nitrogens is 1. The average molecular weight is 632 g/mol. The summed E-state index contributed by atoms with van der Waals surface area (Å²) < 4.78 is 5.54. The minimum Gasteiger partial charge on any atom is -0.456 e. The molecular weight excluding hydrogens is 590 g/mol. The first-order chi connectivity index (χ1) is 21.8. The number of nitrogens with zero attached hydrogens (tertiary/aromatic N) is 2. The number of hydrogen-bond acceptors (Lipinski definition) is 8. The number of amides is 4. The Hall–Kier alpha value is -4.84. The Kier molecular flexibility index (Phi) is 10.7. The molecule has 4 amide bonds. The average Bonchev–Trinajstić information content (AvgIpc) is 3.00. The second kappa shape index (κ2) is 14.5. The fourth-order valence-corrected chi connectivity index (χ4v) is 5.44. The second-order valence-electron chi connectivity index (χ2n) is 12.4. The van der Waals surface area contributed by atoms with Crippen LogP contribution in [0.2, 0.25) is 0 Å². The quantitative estimate of drug-likeness (QED) is 0.233. The van der Waals surface area contributed by atoms with Crippen molar-refractivity contribution in [3.63, 3.8) is 0 Å². The van der Waals surface area contributed by atoms with Crippen molar-refractivity contribution in [1.29, 1.82) is 0 Å². The normalized spacial score (nSPS) is 18.8. The molecule has 3 aromatic rings. The SMILES string of the molecule is CC(C)(C)OC(=O)[C@@]1(O)[C@@H](NC(=O)[C@H](CC(N)=O)NC(=O)c2ccc3ccccc3n2)CCCN1C(=O)CCCc1ccccc1. The highest BCUT2D eigenvalue weighted by Gasteiger charge is 2.56. The van der Waals surface area contributed by atoms with Crippen LogP contribution in [0.1, 0.15) is 68.9 Å². The standard InChI is InChI=1S/C34H41N5O7/c1-33(2,3)46-32(44)34(45)27(16-10-20-39(34)29(41)17-9-13-22-11-5-4-6-12-22)38-31(43)26(21-28(35)40)37-30(42)25-19-18-23-14-7-8-15-24(23)36-25/h4-8,11-12,14-15,18-19,26-27,45H,9-10,13,16-17,20-21H2,1-3H3,(H2,35,40)(H,37,42)(H,38,43)/t26-,27-,34-/m0/s1. The Bertz CT molecular complexity index is 1590. The van der Waals surface area contributed by atoms with E-state index in [2.05, 4.69) is 15.6 Å². The van der Waals surface area contributed by atoms with Gasteiger partial charge in [-0.05, 0) is 64.2 Å². The van der Waals surface area contributed by atoms with E-state index in [0.717, 1.165) is 15.8 Å². The molecule has 0 spiro atoms. The molecule has 3 atom stereocenters. The summed E-state index contributed by atoms with van der Waals surface area (Å²) in [5.74, 6) is -4.05. The number of fused-ring (bicyclic) bond motifs is 1. The van der Waals surface area contributed by atoms with Crippen LogP contribution in [-0.2, 0) is 30.3 Å². The molecule has 2 heterocycles. The summed E-state index contributed by atoms with van der Waals surface area (Å²) >= 11 is 0. The number of carbonyl (C=O) groups excluding carboxylic acids is 5. The zero-order chi connectivity index (χ0) is 33.5. The number of esters is 1. The van der Waals surface area contributed by atoms with Gasteiger partial charge in [-0.25, -0.2) is 9.78 Å². The van der Waals surface area contributed by atoms with Crippen LogP contribution in [0.3, 0.4) is 0 Å². The highest BCUT2D eigenvalue weighted by Crippen LogP contribution is 2.31. The van der Waals surface area contributed by atoms with E-state index < -0.39 is 59.4 Å². The molecule has 2 aromatic carbocycles. The van der Waals surface area contributed by atoms with Gasteiger partial charge in [-0.1, -0.05) is 54.6 Å². The number of piperidine rings is 1. The summed E-state index contributed by atoms with van der Waals surface area (Å²) in [7, 11) is 0. The Balaban J connectivity index is 1.54. The van der Waals surface area contributed by atoms with Crippen LogP contribution in [0.15, 0.2) is 66.7 Å². The molecule has 1 aromatic heterocycles. The topological polar surface area (TPSA) is 181 Å². The van der Waals surface area contributed by atoms with Gasteiger partial charge in [0.2, 0.25) is 17.7 Å². The van der Waals surface area contributed by atoms with Crippen LogP contribution in [-0.4, -0.2) is 74.5 Å². The molecule has 1 fully saturated rings. The Morgan fingerprint density at radius 2 is 1.74 bits per heavy atom. The number of carbonyl (C=O) groups is 5. The second-order valence-corrected chi connectivity index (χ2v) is 12.4. The van der Waals surface area contributed by atoms with Crippen molar-refractivity contribution in [3.8, 4) is 0 Å². The molecule has 1 aliphatic heterocycles. The first-order valence-corrected chi connectivity index (χ1v) is 15.3. The number of rotatable bonds is 11. The molecule has 5 N–H and O–H groups in total. The lowest BCUT2D eigenvalue weighted by Crippen LogP contribution is -2.72. The molecule has 244 valence electrons. The highest BCUT2D eigenvalue weighted by molar-refractivity contribution is 5.99. The number of primary amides is 1. The number of para-hydroxylation sites is 1. The van der Waals surface area contributed by atoms with E-state index in [0.29, 0.717) is 24.8 Å². The van der Waals surface area contributed by atoms with Crippen molar-refractivity contribution >= 4 is 40.5 Å². The Morgan fingerprint density at radius 3 is 2.43 bits per heavy atom. The summed E-state index contributed by atoms with van der Waals surface area (Å²) in [5, 5.41) is 17.9. The first-order valence-electron chi connectivity index (χ1n) is 15.3. The van der Waals surface area contributed by atoms with Crippen molar-refractivity contribution in [1.82, 2.24) is 20.5 Å². The molecule has 0 bridgehead atoms. The third-order valence-electron chi connectivity index (χ3n) is 7.65. The number of nitrogens with one attached hydrogen (secondary N) is 2. The lowest BCUT2D eigenvalue weighted by atomic mass is 9.90. The molecule has 1 aliphatic rings. The van der Waals surface area contributed by atoms with Gasteiger partial charge in [-0.2, -0.15) is 0 Å². The fraction of sp³-hybridized carbons (Fsp3) is 0.412. The number of ether oxygens (including phenoxy) is 1. The molecular formula is C34H41N5O7. The molecule has 12 nitrogen and oxygen atoms in total. The molecule has 0 radical (unpaired) electrons. The largest absolute Gasteiger partial charge is 0.456 e. The number of hydrogen-bond donors (Lipinski definition) is 4. The van der Waals surface area contributed by atoms with Crippen LogP contribution >= 0.6 is 0 Å². The summed E-state index contributed by atoms with van der Waals surface area (Å²) in [6.07, 6.45) is 1.03. The number of pyridine rings is 1. The molecule has 12 heteroatoms. The number of aryl methyl sites for hydroxylation is 1. The van der Waals surface area contributed by atoms with Crippen molar-refractivity contribution in [3.05, 3.63) is 78.0 Å². The number of aliphatic hydroxyl groups is 1. The van der Waals surface area contributed by atoms with E-state index in [1.165, 1.54) is 6.07 Å². The summed E-state index contributed by atoms with van der Waals surface area (Å²) in [6.45, 7) is 4.92. The fourth-order valence-electron chi connectivity index (χ4n) is 5.44. The van der Waals surface area contributed by atoms with Gasteiger partial charge in [0.25, 0.3) is 11.6 Å². The van der Waals surface area contributed by atoms with Gasteiger partial charge in [0.05, 0.1) is 18.0 Å². The van der Waals surface area contributed by atoms with Crippen LogP contribution < -0.4 is 16.4 Å². The summed E-state index contributed by atoms with van der Waals surface area (Å²) in [5.41, 5.74) is 3.46. The summed E-state index contributed by atoms with van der Waals surface area (Å²) in [4.78, 5) is 71.1. The molecule has 0 saturated carbocycles. The third kappa shape index (κ3) is 8.45. The van der Waals surface area contributed by atoms with E-state index in [1.807, 2.05) is 42.5 Å². The van der Waals surface area contributed by atoms with Gasteiger partial charge in [0.1, 0.15) is 17.3 Å². The number of benzene rings is 2. The van der Waals surface area contributed by atoms with E-state index in [1.54, 1.807) is 39.0 Å². The van der Waals surface area contributed by atoms with E-state index in [4.69, 9.17) is 10.5 Å². The van der Waals surface area contributed by atoms with Gasteiger partial charge < -0.3 is 31.1 Å². The molecule has 1 saturated heterocycles. The van der Waals surface area contributed by atoms with E-state index >= 15 is 0 Å². The van der Waals surface area contributed by atoms with Crippen LogP contribution in [0.25, 0.3) is 10.9 Å². The first kappa shape index (κ1) is 34.0. The summed E-state index contributed by atoms with van der Waals surface area (Å²) in [6, 6.07) is 17.2. The predicted molar refractivity (Wildman–Crippen MR) is 170 cm³/mol. The Morgan fingerprint density at radius 1 is 1.04 bits per heavy atom. The van der Waals surface area contributed by atoms with Gasteiger partial charge in [-0.15, -0.1) is 0 Å². The lowest BCUT2D eigenvalue weighted by Gasteiger charge is -2.47. The predicted octanol–water partition coefficient (Wildman–Crippen LogP) is 2.37. The van der Waals surface area contributed by atoms with Crippen molar-refractivity contribution in [2.75, 3.05) is 6.54 Å². The minimum absolute atomic E-state index is 0.0103. The molecule has 4 rings (SSSR count). The Labute approximate surface area is 267 Å². The van der Waals surface area contributed by atoms with E-state index in [9.17, 15) is 29.1 Å². The number of nitrogens with two attached hydrogens (primary N) is 1. The smallest absolute Gasteiger partial charge is 0.362 e. The molecule has 46 heavy (non-hydrogen) atoms. The third-order valence-corrected chi connectivity index (χ3v) is 7.65. The van der Waals surface area contributed by atoms with Crippen molar-refractivity contribution in [2.24, 2.45) is 5.73 Å². The molecule has 0 unspecified atom stereocenters. The van der Waals surface area contributed by atoms with Crippen molar-refractivity contribution < 1.29 is 33.8 Å². The van der Waals surface area contributed by atoms with E-state index in [-0.39, 0.29) is 25.1 Å². The monoisotopic (exact) mass is 631 g/mol. The van der Waals surface area contributed by atoms with Crippen LogP contribution in [0.5, 0.6) is 0 Å². The van der Waals surface area contributed by atoms with Gasteiger partial charge in [-0.3, -0.25) is 19.2 Å². The lowest BCUT2D eigenvalue weighted by molar-refractivity contribution is -0.214. The number of likely N-dealkylation sites (tertiary alicyclic amines) is 1. The van der Waals surface area contributed by atoms with Gasteiger partial charge in [0.15, 0.2) is 0 Å². The van der Waals surface area contributed by atoms with Crippen LogP contribution in [0, 0.1) is 0 Å². The minimum atomic E-state index is -2.55. The molecule has 0 aliphatic carbocycles.